The summed E-state index contributed by atoms with van der Waals surface area (Å²) in [5, 5.41) is 6.34. The Morgan fingerprint density at radius 3 is 2.77 bits per heavy atom. The van der Waals surface area contributed by atoms with Gasteiger partial charge in [-0.2, -0.15) is 0 Å². The number of para-hydroxylation sites is 1. The molecule has 2 aromatic rings. The Balaban J connectivity index is 1.52. The number of esters is 1. The lowest BCUT2D eigenvalue weighted by Gasteiger charge is -2.15. The molecule has 0 unspecified atom stereocenters. The molecule has 0 saturated carbocycles. The third-order valence-electron chi connectivity index (χ3n) is 4.69. The Kier molecular flexibility index (Phi) is 8.11. The summed E-state index contributed by atoms with van der Waals surface area (Å²) in [4.78, 5) is 28.5. The molecule has 1 heterocycles. The topological polar surface area (TPSA) is 80.3 Å². The van der Waals surface area contributed by atoms with Crippen molar-refractivity contribution in [3.05, 3.63) is 63.8 Å². The van der Waals surface area contributed by atoms with Gasteiger partial charge in [-0.05, 0) is 50.3 Å². The number of anilines is 2. The summed E-state index contributed by atoms with van der Waals surface area (Å²) in [6.07, 6.45) is 9.42. The van der Waals surface area contributed by atoms with Gasteiger partial charge in [0, 0.05) is 18.4 Å². The number of carbonyl (C=O) groups excluding carboxylic acids is 2. The van der Waals surface area contributed by atoms with Gasteiger partial charge in [0.2, 0.25) is 0 Å². The van der Waals surface area contributed by atoms with E-state index in [1.165, 1.54) is 30.7 Å². The van der Waals surface area contributed by atoms with Gasteiger partial charge >= 0.3 is 5.97 Å². The van der Waals surface area contributed by atoms with E-state index in [1.54, 1.807) is 12.1 Å². The fourth-order valence-corrected chi connectivity index (χ4v) is 3.62. The Morgan fingerprint density at radius 2 is 2.00 bits per heavy atom. The summed E-state index contributed by atoms with van der Waals surface area (Å²) < 4.78 is 5.16. The van der Waals surface area contributed by atoms with Crippen LogP contribution in [0.3, 0.4) is 0 Å². The van der Waals surface area contributed by atoms with Crippen LogP contribution in [-0.2, 0) is 9.53 Å². The van der Waals surface area contributed by atoms with E-state index in [0.717, 1.165) is 25.8 Å². The lowest BCUT2D eigenvalue weighted by molar-refractivity contribution is -0.119. The van der Waals surface area contributed by atoms with Gasteiger partial charge in [0.1, 0.15) is 0 Å². The molecule has 0 aliphatic heterocycles. The van der Waals surface area contributed by atoms with Crippen LogP contribution in [0.25, 0.3) is 0 Å². The number of nitrogens with one attached hydrogen (secondary N) is 2. The zero-order valence-electron chi connectivity index (χ0n) is 16.4. The van der Waals surface area contributed by atoms with Crippen LogP contribution in [0.5, 0.6) is 0 Å². The van der Waals surface area contributed by atoms with E-state index in [2.05, 4.69) is 21.7 Å². The number of rotatable bonds is 8. The molecule has 1 amide bonds. The molecule has 6 nitrogen and oxygen atoms in total. The Morgan fingerprint density at radius 1 is 1.17 bits per heavy atom. The van der Waals surface area contributed by atoms with E-state index < -0.39 is 18.5 Å². The quantitative estimate of drug-likeness (QED) is 0.413. The summed E-state index contributed by atoms with van der Waals surface area (Å²) in [5.74, 6) is -0.976. The molecule has 0 atom stereocenters. The van der Waals surface area contributed by atoms with E-state index in [0.29, 0.717) is 16.3 Å². The highest BCUT2D eigenvalue weighted by Gasteiger charge is 2.15. The second-order valence-corrected chi connectivity index (χ2v) is 7.78. The summed E-state index contributed by atoms with van der Waals surface area (Å²) >= 11 is 11.8. The molecule has 0 saturated heterocycles. The molecular weight excluding hydrogens is 425 g/mol. The number of halogens is 2. The maximum atomic E-state index is 12.5. The normalized spacial score (nSPS) is 13.3. The number of ether oxygens (including phenoxy) is 1. The van der Waals surface area contributed by atoms with Crippen molar-refractivity contribution in [3.63, 3.8) is 0 Å². The number of amides is 1. The average Bonchev–Trinajstić information content (AvgIpc) is 2.75. The lowest BCUT2D eigenvalue weighted by atomic mass is 9.97. The van der Waals surface area contributed by atoms with E-state index in [9.17, 15) is 9.59 Å². The minimum absolute atomic E-state index is 0.154. The van der Waals surface area contributed by atoms with Crippen LogP contribution in [0, 0.1) is 0 Å². The third kappa shape index (κ3) is 6.47. The first-order chi connectivity index (χ1) is 14.5. The van der Waals surface area contributed by atoms with E-state index in [-0.39, 0.29) is 10.8 Å². The highest BCUT2D eigenvalue weighted by molar-refractivity contribution is 6.36. The number of hydrogen-bond acceptors (Lipinski definition) is 5. The van der Waals surface area contributed by atoms with Crippen LogP contribution < -0.4 is 10.6 Å². The first kappa shape index (κ1) is 22.1. The van der Waals surface area contributed by atoms with Crippen LogP contribution in [0.15, 0.2) is 48.2 Å². The number of carbonyl (C=O) groups is 2. The molecule has 8 heteroatoms. The molecule has 2 N–H and O–H groups in total. The molecular formula is C22H23Cl2N3O3. The number of nitrogens with zero attached hydrogens (tertiary/aromatic N) is 1. The number of pyridine rings is 1. The second kappa shape index (κ2) is 11.0. The Hall–Kier alpha value is -2.57. The van der Waals surface area contributed by atoms with Gasteiger partial charge in [0.05, 0.1) is 15.6 Å². The summed E-state index contributed by atoms with van der Waals surface area (Å²) in [5.41, 5.74) is 2.52. The van der Waals surface area contributed by atoms with Crippen molar-refractivity contribution in [2.24, 2.45) is 0 Å². The number of aromatic nitrogens is 1. The molecule has 0 fully saturated rings. The molecule has 0 spiro atoms. The van der Waals surface area contributed by atoms with Crippen LogP contribution in [0.4, 0.5) is 11.5 Å². The molecule has 1 aliphatic rings. The molecule has 158 valence electrons. The predicted octanol–water partition coefficient (Wildman–Crippen LogP) is 5.49. The van der Waals surface area contributed by atoms with Crippen LogP contribution >= 0.6 is 23.2 Å². The molecule has 30 heavy (non-hydrogen) atoms. The van der Waals surface area contributed by atoms with E-state index in [4.69, 9.17) is 27.9 Å². The Labute approximate surface area is 185 Å². The number of benzene rings is 1. The van der Waals surface area contributed by atoms with Gasteiger partial charge < -0.3 is 15.4 Å². The van der Waals surface area contributed by atoms with Gasteiger partial charge in [-0.25, -0.2) is 9.78 Å². The zero-order valence-corrected chi connectivity index (χ0v) is 17.9. The summed E-state index contributed by atoms with van der Waals surface area (Å²) in [6, 6.07) is 8.55. The van der Waals surface area contributed by atoms with Gasteiger partial charge in [-0.1, -0.05) is 47.0 Å². The van der Waals surface area contributed by atoms with Gasteiger partial charge in [0.15, 0.2) is 12.4 Å². The largest absolute Gasteiger partial charge is 0.452 e. The van der Waals surface area contributed by atoms with Crippen molar-refractivity contribution in [1.29, 1.82) is 0 Å². The van der Waals surface area contributed by atoms with Crippen molar-refractivity contribution in [2.45, 2.75) is 32.1 Å². The van der Waals surface area contributed by atoms with E-state index in [1.807, 2.05) is 12.1 Å². The van der Waals surface area contributed by atoms with Crippen molar-refractivity contribution in [3.8, 4) is 0 Å². The minimum atomic E-state index is -0.583. The SMILES string of the molecule is O=C(COC(=O)c1ccccc1NCCC1=CCCCC1)Nc1ncc(Cl)cc1Cl. The first-order valence-corrected chi connectivity index (χ1v) is 10.6. The zero-order chi connectivity index (χ0) is 21.3. The van der Waals surface area contributed by atoms with Gasteiger partial charge in [-0.15, -0.1) is 0 Å². The van der Waals surface area contributed by atoms with Crippen LogP contribution in [-0.4, -0.2) is 30.0 Å². The molecule has 1 aromatic heterocycles. The van der Waals surface area contributed by atoms with Crippen molar-refractivity contribution >= 4 is 46.6 Å². The number of hydrogen-bond donors (Lipinski definition) is 2. The highest BCUT2D eigenvalue weighted by atomic mass is 35.5. The molecule has 3 rings (SSSR count). The number of allylic oxidation sites excluding steroid dienone is 1. The summed E-state index contributed by atoms with van der Waals surface area (Å²) in [6.45, 7) is 0.276. The molecule has 0 bridgehead atoms. The Bertz CT molecular complexity index is 947. The lowest BCUT2D eigenvalue weighted by Crippen LogP contribution is -2.22. The second-order valence-electron chi connectivity index (χ2n) is 6.94. The van der Waals surface area contributed by atoms with Gasteiger partial charge in [-0.3, -0.25) is 4.79 Å². The minimum Gasteiger partial charge on any atom is -0.452 e. The van der Waals surface area contributed by atoms with E-state index >= 15 is 0 Å². The maximum Gasteiger partial charge on any atom is 0.340 e. The smallest absolute Gasteiger partial charge is 0.340 e. The van der Waals surface area contributed by atoms with Crippen molar-refractivity contribution < 1.29 is 14.3 Å². The average molecular weight is 448 g/mol. The van der Waals surface area contributed by atoms with Crippen molar-refractivity contribution in [2.75, 3.05) is 23.8 Å². The first-order valence-electron chi connectivity index (χ1n) is 9.82. The van der Waals surface area contributed by atoms with Crippen molar-refractivity contribution in [1.82, 2.24) is 4.98 Å². The van der Waals surface area contributed by atoms with Crippen LogP contribution in [0.2, 0.25) is 10.0 Å². The molecule has 1 aromatic carbocycles. The van der Waals surface area contributed by atoms with Crippen LogP contribution in [0.1, 0.15) is 42.5 Å². The molecule has 0 radical (unpaired) electrons. The molecule has 1 aliphatic carbocycles. The highest BCUT2D eigenvalue weighted by Crippen LogP contribution is 2.23. The monoisotopic (exact) mass is 447 g/mol. The maximum absolute atomic E-state index is 12.5. The summed E-state index contributed by atoms with van der Waals surface area (Å²) in [7, 11) is 0. The fourth-order valence-electron chi connectivity index (χ4n) is 3.19. The third-order valence-corrected chi connectivity index (χ3v) is 5.19. The standard InChI is InChI=1S/C22H23Cl2N3O3/c23-16-12-18(24)21(26-13-16)27-20(28)14-30-22(29)17-8-4-5-9-19(17)25-11-10-15-6-2-1-3-7-15/h4-6,8-9,12-13,25H,1-3,7,10-11,14H2,(H,26,27,28). The fraction of sp³-hybridized carbons (Fsp3) is 0.318. The van der Waals surface area contributed by atoms with Gasteiger partial charge in [0.25, 0.3) is 5.91 Å². The predicted molar refractivity (Wildman–Crippen MR) is 119 cm³/mol.